The van der Waals surface area contributed by atoms with Gasteiger partial charge in [-0.15, -0.1) is 0 Å². The van der Waals surface area contributed by atoms with Crippen LogP contribution in [0.1, 0.15) is 40.0 Å². The summed E-state index contributed by atoms with van der Waals surface area (Å²) in [4.78, 5) is 13.5. The van der Waals surface area contributed by atoms with Crippen molar-refractivity contribution >= 4 is 11.7 Å². The van der Waals surface area contributed by atoms with Crippen molar-refractivity contribution in [3.8, 4) is 0 Å². The normalized spacial score (nSPS) is 11.9. The smallest absolute Gasteiger partial charge is 0.230 e. The van der Waals surface area contributed by atoms with Gasteiger partial charge in [0.15, 0.2) is 0 Å². The lowest BCUT2D eigenvalue weighted by Crippen LogP contribution is -2.37. The first kappa shape index (κ1) is 14.7. The Balaban J connectivity index is 4.31. The molecule has 0 radical (unpaired) electrons. The molecule has 0 saturated carbocycles. The van der Waals surface area contributed by atoms with Crippen LogP contribution in [0.5, 0.6) is 0 Å². The summed E-state index contributed by atoms with van der Waals surface area (Å²) in [6.07, 6.45) is 2.11. The zero-order valence-corrected chi connectivity index (χ0v) is 10.4. The van der Waals surface area contributed by atoms with E-state index in [1.165, 1.54) is 0 Å². The van der Waals surface area contributed by atoms with Crippen LogP contribution in [0.2, 0.25) is 0 Å². The van der Waals surface area contributed by atoms with E-state index in [9.17, 15) is 4.79 Å². The number of amidine groups is 1. The van der Waals surface area contributed by atoms with Gasteiger partial charge in [0.1, 0.15) is 5.84 Å². The predicted molar refractivity (Wildman–Crippen MR) is 64.4 cm³/mol. The number of carbonyl (C=O) groups excluding carboxylic acids is 1. The summed E-state index contributed by atoms with van der Waals surface area (Å²) < 4.78 is 0. The fraction of sp³-hybridized carbons (Fsp3) is 0.818. The minimum Gasteiger partial charge on any atom is -0.409 e. The van der Waals surface area contributed by atoms with Crippen molar-refractivity contribution in [1.29, 1.82) is 0 Å². The van der Waals surface area contributed by atoms with Crippen molar-refractivity contribution in [3.63, 3.8) is 0 Å². The summed E-state index contributed by atoms with van der Waals surface area (Å²) in [6.45, 7) is 7.59. The van der Waals surface area contributed by atoms with Crippen molar-refractivity contribution in [2.24, 2.45) is 16.8 Å². The molecule has 0 aromatic heterocycles. The van der Waals surface area contributed by atoms with Gasteiger partial charge in [0.2, 0.25) is 5.91 Å². The zero-order chi connectivity index (χ0) is 12.6. The zero-order valence-electron chi connectivity index (χ0n) is 10.4. The van der Waals surface area contributed by atoms with Gasteiger partial charge < -0.3 is 15.8 Å². The van der Waals surface area contributed by atoms with Gasteiger partial charge in [-0.25, -0.2) is 0 Å². The molecule has 0 saturated heterocycles. The molecule has 0 aliphatic heterocycles. The molecule has 0 aliphatic carbocycles. The Kier molecular flexibility index (Phi) is 7.33. The van der Waals surface area contributed by atoms with E-state index < -0.39 is 0 Å². The Morgan fingerprint density at radius 1 is 1.38 bits per heavy atom. The second-order valence-electron chi connectivity index (χ2n) is 3.88. The molecule has 1 amide bonds. The van der Waals surface area contributed by atoms with Crippen molar-refractivity contribution in [1.82, 2.24) is 4.90 Å². The number of nitrogens with two attached hydrogens (primary N) is 1. The van der Waals surface area contributed by atoms with Gasteiger partial charge in [0.05, 0.1) is 6.42 Å². The molecular weight excluding hydrogens is 206 g/mol. The predicted octanol–water partition coefficient (Wildman–Crippen LogP) is 1.41. The molecule has 0 rings (SSSR count). The topological polar surface area (TPSA) is 78.9 Å². The van der Waals surface area contributed by atoms with E-state index in [2.05, 4.69) is 19.0 Å². The number of hydrogen-bond donors (Lipinski definition) is 2. The van der Waals surface area contributed by atoms with E-state index in [-0.39, 0.29) is 18.2 Å². The van der Waals surface area contributed by atoms with Crippen molar-refractivity contribution < 1.29 is 10.0 Å². The largest absolute Gasteiger partial charge is 0.409 e. The lowest BCUT2D eigenvalue weighted by atomic mass is 10.0. The first-order valence-corrected chi connectivity index (χ1v) is 5.83. The van der Waals surface area contributed by atoms with Crippen LogP contribution in [0.15, 0.2) is 5.16 Å². The lowest BCUT2D eigenvalue weighted by molar-refractivity contribution is -0.130. The highest BCUT2D eigenvalue weighted by Gasteiger charge is 2.16. The highest BCUT2D eigenvalue weighted by Crippen LogP contribution is 2.10. The van der Waals surface area contributed by atoms with E-state index in [4.69, 9.17) is 10.9 Å². The van der Waals surface area contributed by atoms with Gasteiger partial charge in [0.25, 0.3) is 0 Å². The third kappa shape index (κ3) is 5.00. The van der Waals surface area contributed by atoms with E-state index in [0.717, 1.165) is 19.4 Å². The molecule has 0 aromatic rings. The summed E-state index contributed by atoms with van der Waals surface area (Å²) >= 11 is 0. The Hall–Kier alpha value is -1.26. The van der Waals surface area contributed by atoms with Crippen LogP contribution in [-0.4, -0.2) is 34.9 Å². The average molecular weight is 229 g/mol. The summed E-state index contributed by atoms with van der Waals surface area (Å²) in [6, 6.07) is 0. The molecule has 0 heterocycles. The SMILES string of the molecule is CCC(CC)CN(CC)C(=O)C/C(N)=N/O. The molecule has 0 spiro atoms. The Bertz CT molecular complexity index is 237. The van der Waals surface area contributed by atoms with Gasteiger partial charge in [-0.2, -0.15) is 0 Å². The molecule has 0 aromatic carbocycles. The monoisotopic (exact) mass is 229 g/mol. The van der Waals surface area contributed by atoms with Gasteiger partial charge in [-0.1, -0.05) is 31.8 Å². The van der Waals surface area contributed by atoms with Crippen LogP contribution in [-0.2, 0) is 4.79 Å². The third-order valence-electron chi connectivity index (χ3n) is 2.83. The first-order chi connectivity index (χ1) is 7.58. The van der Waals surface area contributed by atoms with Gasteiger partial charge in [-0.3, -0.25) is 4.79 Å². The summed E-state index contributed by atoms with van der Waals surface area (Å²) in [5.74, 6) is 0.411. The van der Waals surface area contributed by atoms with Crippen LogP contribution < -0.4 is 5.73 Å². The standard InChI is InChI=1S/C11H23N3O2/c1-4-9(5-2)8-14(6-3)11(15)7-10(12)13-16/h9,16H,4-8H2,1-3H3,(H2,12,13). The molecule has 5 heteroatoms. The van der Waals surface area contributed by atoms with Gasteiger partial charge >= 0.3 is 0 Å². The third-order valence-corrected chi connectivity index (χ3v) is 2.83. The Labute approximate surface area is 97.3 Å². The molecule has 0 unspecified atom stereocenters. The van der Waals surface area contributed by atoms with E-state index in [0.29, 0.717) is 12.5 Å². The van der Waals surface area contributed by atoms with Crippen LogP contribution in [0, 0.1) is 5.92 Å². The van der Waals surface area contributed by atoms with Crippen LogP contribution in [0.4, 0.5) is 0 Å². The highest BCUT2D eigenvalue weighted by atomic mass is 16.4. The second kappa shape index (κ2) is 7.96. The minimum absolute atomic E-state index is 0.00944. The van der Waals surface area contributed by atoms with Crippen molar-refractivity contribution in [2.45, 2.75) is 40.0 Å². The van der Waals surface area contributed by atoms with Crippen molar-refractivity contribution in [2.75, 3.05) is 13.1 Å². The minimum atomic E-state index is -0.0790. The molecule has 94 valence electrons. The van der Waals surface area contributed by atoms with Gasteiger partial charge in [-0.05, 0) is 12.8 Å². The number of hydrogen-bond acceptors (Lipinski definition) is 3. The maximum absolute atomic E-state index is 11.8. The van der Waals surface area contributed by atoms with Crippen LogP contribution >= 0.6 is 0 Å². The average Bonchev–Trinajstić information content (AvgIpc) is 2.30. The number of rotatable bonds is 7. The fourth-order valence-electron chi connectivity index (χ4n) is 1.57. The van der Waals surface area contributed by atoms with E-state index in [1.807, 2.05) is 6.92 Å². The van der Waals surface area contributed by atoms with Crippen LogP contribution in [0.25, 0.3) is 0 Å². The molecule has 0 aliphatic rings. The van der Waals surface area contributed by atoms with Crippen LogP contribution in [0.3, 0.4) is 0 Å². The fourth-order valence-corrected chi connectivity index (χ4v) is 1.57. The van der Waals surface area contributed by atoms with Gasteiger partial charge in [0, 0.05) is 13.1 Å². The Morgan fingerprint density at radius 3 is 2.31 bits per heavy atom. The van der Waals surface area contributed by atoms with E-state index >= 15 is 0 Å². The summed E-state index contributed by atoms with van der Waals surface area (Å²) in [5.41, 5.74) is 5.31. The first-order valence-electron chi connectivity index (χ1n) is 5.83. The highest BCUT2D eigenvalue weighted by molar-refractivity contribution is 5.98. The molecule has 0 bridgehead atoms. The van der Waals surface area contributed by atoms with E-state index in [1.54, 1.807) is 4.90 Å². The Morgan fingerprint density at radius 2 is 1.94 bits per heavy atom. The summed E-state index contributed by atoms with van der Waals surface area (Å²) in [5, 5.41) is 11.2. The maximum atomic E-state index is 11.8. The molecule has 0 atom stereocenters. The maximum Gasteiger partial charge on any atom is 0.230 e. The molecular formula is C11H23N3O2. The summed E-state index contributed by atoms with van der Waals surface area (Å²) in [7, 11) is 0. The lowest BCUT2D eigenvalue weighted by Gasteiger charge is -2.25. The molecule has 5 nitrogen and oxygen atoms in total. The number of oxime groups is 1. The molecule has 0 fully saturated rings. The number of carbonyl (C=O) groups is 1. The number of nitrogens with zero attached hydrogens (tertiary/aromatic N) is 2. The second-order valence-corrected chi connectivity index (χ2v) is 3.88. The molecule has 3 N–H and O–H groups in total. The molecule has 16 heavy (non-hydrogen) atoms. The van der Waals surface area contributed by atoms with Crippen molar-refractivity contribution in [3.05, 3.63) is 0 Å². The quantitative estimate of drug-likeness (QED) is 0.300. The number of amides is 1.